The number of nitrogens with zero attached hydrogens (tertiary/aromatic N) is 3. The number of nitrogens with one attached hydrogen (secondary N) is 1. The molecule has 0 radical (unpaired) electrons. The van der Waals surface area contributed by atoms with E-state index in [2.05, 4.69) is 15.3 Å². The molecule has 2 aromatic heterocycles. The Hall–Kier alpha value is -2.17. The molecule has 0 aliphatic carbocycles. The van der Waals surface area contributed by atoms with Crippen LogP contribution in [0.5, 0.6) is 0 Å². The minimum absolute atomic E-state index is 0.0200. The molecule has 0 aliphatic rings. The molecule has 1 N–H and O–H groups in total. The van der Waals surface area contributed by atoms with E-state index in [4.69, 9.17) is 0 Å². The van der Waals surface area contributed by atoms with Crippen LogP contribution < -0.4 is 10.9 Å². The van der Waals surface area contributed by atoms with E-state index in [0.717, 1.165) is 17.2 Å². The van der Waals surface area contributed by atoms with Crippen molar-refractivity contribution in [3.8, 4) is 0 Å². The van der Waals surface area contributed by atoms with Gasteiger partial charge in [0, 0.05) is 25.5 Å². The van der Waals surface area contributed by atoms with Crippen molar-refractivity contribution in [2.45, 2.75) is 13.5 Å². The SMILES string of the molecule is Cc1nccc(CNc2ccc(=O)n(C)c2)n1. The highest BCUT2D eigenvalue weighted by Gasteiger charge is 1.97. The number of aromatic nitrogens is 3. The van der Waals surface area contributed by atoms with Gasteiger partial charge >= 0.3 is 0 Å². The molecular weight excluding hydrogens is 216 g/mol. The highest BCUT2D eigenvalue weighted by molar-refractivity contribution is 5.40. The lowest BCUT2D eigenvalue weighted by molar-refractivity contribution is 0.857. The van der Waals surface area contributed by atoms with Crippen molar-refractivity contribution in [2.24, 2.45) is 7.05 Å². The van der Waals surface area contributed by atoms with Crippen LogP contribution in [0.4, 0.5) is 5.69 Å². The molecule has 5 heteroatoms. The summed E-state index contributed by atoms with van der Waals surface area (Å²) in [6.45, 7) is 2.47. The second-order valence-electron chi connectivity index (χ2n) is 3.82. The lowest BCUT2D eigenvalue weighted by atomic mass is 10.3. The van der Waals surface area contributed by atoms with Crippen LogP contribution in [0.2, 0.25) is 0 Å². The second kappa shape index (κ2) is 4.78. The second-order valence-corrected chi connectivity index (χ2v) is 3.82. The van der Waals surface area contributed by atoms with E-state index in [1.165, 1.54) is 10.6 Å². The molecule has 0 bridgehead atoms. The first-order chi connectivity index (χ1) is 8.15. The predicted molar refractivity (Wildman–Crippen MR) is 65.8 cm³/mol. The fourth-order valence-corrected chi connectivity index (χ4v) is 1.49. The molecule has 0 atom stereocenters. The van der Waals surface area contributed by atoms with Gasteiger partial charge in [-0.15, -0.1) is 0 Å². The molecule has 0 aromatic carbocycles. The molecule has 2 heterocycles. The van der Waals surface area contributed by atoms with Gasteiger partial charge in [0.05, 0.1) is 17.9 Å². The van der Waals surface area contributed by atoms with E-state index in [-0.39, 0.29) is 5.56 Å². The number of aryl methyl sites for hydroxylation is 2. The molecule has 0 unspecified atom stereocenters. The number of hydrogen-bond donors (Lipinski definition) is 1. The Morgan fingerprint density at radius 1 is 1.35 bits per heavy atom. The van der Waals surface area contributed by atoms with Crippen LogP contribution in [0.3, 0.4) is 0 Å². The zero-order chi connectivity index (χ0) is 12.3. The van der Waals surface area contributed by atoms with Gasteiger partial charge in [-0.25, -0.2) is 9.97 Å². The summed E-state index contributed by atoms with van der Waals surface area (Å²) in [5, 5.41) is 3.21. The quantitative estimate of drug-likeness (QED) is 0.857. The average Bonchev–Trinajstić information content (AvgIpc) is 2.31. The number of rotatable bonds is 3. The zero-order valence-electron chi connectivity index (χ0n) is 9.84. The van der Waals surface area contributed by atoms with E-state index in [0.29, 0.717) is 6.54 Å². The fourth-order valence-electron chi connectivity index (χ4n) is 1.49. The minimum atomic E-state index is -0.0200. The summed E-state index contributed by atoms with van der Waals surface area (Å²) >= 11 is 0. The van der Waals surface area contributed by atoms with Crippen molar-refractivity contribution in [3.05, 3.63) is 52.5 Å². The first kappa shape index (κ1) is 11.3. The standard InChI is InChI=1S/C12H14N4O/c1-9-13-6-5-10(15-9)7-14-11-3-4-12(17)16(2)8-11/h3-6,8,14H,7H2,1-2H3. The Balaban J connectivity index is 2.07. The lowest BCUT2D eigenvalue weighted by Gasteiger charge is -2.07. The third-order valence-electron chi connectivity index (χ3n) is 2.39. The minimum Gasteiger partial charge on any atom is -0.378 e. The van der Waals surface area contributed by atoms with Crippen molar-refractivity contribution in [1.29, 1.82) is 0 Å². The molecular formula is C12H14N4O. The monoisotopic (exact) mass is 230 g/mol. The van der Waals surface area contributed by atoms with Gasteiger partial charge in [0.15, 0.2) is 0 Å². The molecule has 0 amide bonds. The zero-order valence-corrected chi connectivity index (χ0v) is 9.84. The van der Waals surface area contributed by atoms with Crippen LogP contribution in [0.1, 0.15) is 11.5 Å². The fraction of sp³-hybridized carbons (Fsp3) is 0.250. The van der Waals surface area contributed by atoms with Gasteiger partial charge in [-0.05, 0) is 19.1 Å². The molecule has 17 heavy (non-hydrogen) atoms. The molecule has 0 aliphatic heterocycles. The van der Waals surface area contributed by atoms with Crippen molar-refractivity contribution < 1.29 is 0 Å². The number of anilines is 1. The van der Waals surface area contributed by atoms with Crippen molar-refractivity contribution in [3.63, 3.8) is 0 Å². The Kier molecular flexibility index (Phi) is 3.18. The van der Waals surface area contributed by atoms with Crippen LogP contribution in [-0.4, -0.2) is 14.5 Å². The summed E-state index contributed by atoms with van der Waals surface area (Å²) < 4.78 is 1.54. The summed E-state index contributed by atoms with van der Waals surface area (Å²) in [5.74, 6) is 0.754. The maximum atomic E-state index is 11.2. The van der Waals surface area contributed by atoms with Crippen LogP contribution in [0, 0.1) is 6.92 Å². The first-order valence-corrected chi connectivity index (χ1v) is 5.34. The Morgan fingerprint density at radius 3 is 2.88 bits per heavy atom. The molecule has 0 spiro atoms. The van der Waals surface area contributed by atoms with Gasteiger partial charge < -0.3 is 9.88 Å². The van der Waals surface area contributed by atoms with Crippen molar-refractivity contribution in [1.82, 2.24) is 14.5 Å². The molecule has 2 aromatic rings. The van der Waals surface area contributed by atoms with Crippen LogP contribution >= 0.6 is 0 Å². The van der Waals surface area contributed by atoms with E-state index < -0.39 is 0 Å². The van der Waals surface area contributed by atoms with E-state index >= 15 is 0 Å². The largest absolute Gasteiger partial charge is 0.378 e. The molecule has 88 valence electrons. The Bertz CT molecular complexity index is 577. The highest BCUT2D eigenvalue weighted by Crippen LogP contribution is 2.05. The molecule has 0 saturated carbocycles. The summed E-state index contributed by atoms with van der Waals surface area (Å²) in [5.41, 5.74) is 1.79. The van der Waals surface area contributed by atoms with Gasteiger partial charge in [-0.3, -0.25) is 4.79 Å². The van der Waals surface area contributed by atoms with E-state index in [1.54, 1.807) is 25.5 Å². The summed E-state index contributed by atoms with van der Waals surface area (Å²) in [6.07, 6.45) is 3.50. The highest BCUT2D eigenvalue weighted by atomic mass is 16.1. The van der Waals surface area contributed by atoms with Crippen LogP contribution in [0.25, 0.3) is 0 Å². The van der Waals surface area contributed by atoms with Crippen molar-refractivity contribution in [2.75, 3.05) is 5.32 Å². The Labute approximate surface area is 99.2 Å². The number of hydrogen-bond acceptors (Lipinski definition) is 4. The van der Waals surface area contributed by atoms with Crippen LogP contribution in [-0.2, 0) is 13.6 Å². The summed E-state index contributed by atoms with van der Waals surface area (Å²) in [4.78, 5) is 19.5. The maximum absolute atomic E-state index is 11.2. The Morgan fingerprint density at radius 2 is 2.18 bits per heavy atom. The summed E-state index contributed by atoms with van der Waals surface area (Å²) in [6, 6.07) is 5.16. The van der Waals surface area contributed by atoms with Gasteiger partial charge in [-0.2, -0.15) is 0 Å². The van der Waals surface area contributed by atoms with Crippen LogP contribution in [0.15, 0.2) is 35.4 Å². The van der Waals surface area contributed by atoms with Gasteiger partial charge in [0.25, 0.3) is 0 Å². The molecule has 2 rings (SSSR count). The average molecular weight is 230 g/mol. The lowest BCUT2D eigenvalue weighted by Crippen LogP contribution is -2.15. The van der Waals surface area contributed by atoms with Gasteiger partial charge in [0.1, 0.15) is 5.82 Å². The van der Waals surface area contributed by atoms with E-state index in [9.17, 15) is 4.79 Å². The van der Waals surface area contributed by atoms with E-state index in [1.807, 2.05) is 13.0 Å². The van der Waals surface area contributed by atoms with Crippen molar-refractivity contribution >= 4 is 5.69 Å². The molecule has 5 nitrogen and oxygen atoms in total. The normalized spacial score (nSPS) is 10.2. The smallest absolute Gasteiger partial charge is 0.250 e. The topological polar surface area (TPSA) is 59.8 Å². The van der Waals surface area contributed by atoms with Gasteiger partial charge in [0.2, 0.25) is 5.56 Å². The number of pyridine rings is 1. The molecule has 0 saturated heterocycles. The molecule has 0 fully saturated rings. The third-order valence-corrected chi connectivity index (χ3v) is 2.39. The first-order valence-electron chi connectivity index (χ1n) is 5.34. The summed E-state index contributed by atoms with van der Waals surface area (Å²) in [7, 11) is 1.72. The third kappa shape index (κ3) is 2.90. The predicted octanol–water partition coefficient (Wildman–Crippen LogP) is 1.10. The van der Waals surface area contributed by atoms with Gasteiger partial charge in [-0.1, -0.05) is 0 Å². The maximum Gasteiger partial charge on any atom is 0.250 e.